The molecule has 0 fully saturated rings. The van der Waals surface area contributed by atoms with Gasteiger partial charge in [0.05, 0.1) is 6.61 Å². The smallest absolute Gasteiger partial charge is 0.175 e. The molecule has 0 amide bonds. The second-order valence-electron chi connectivity index (χ2n) is 2.13. The van der Waals surface area contributed by atoms with E-state index in [1.54, 1.807) is 0 Å². The molecular formula is C6H10O4. The van der Waals surface area contributed by atoms with Crippen molar-refractivity contribution in [2.45, 2.75) is 18.5 Å². The molecule has 58 valence electrons. The van der Waals surface area contributed by atoms with Gasteiger partial charge in [-0.1, -0.05) is 6.08 Å². The van der Waals surface area contributed by atoms with Crippen molar-refractivity contribution in [3.8, 4) is 0 Å². The van der Waals surface area contributed by atoms with Gasteiger partial charge in [0.15, 0.2) is 6.29 Å². The zero-order valence-electron chi connectivity index (χ0n) is 5.34. The number of hydrogen-bond acceptors (Lipinski definition) is 4. The van der Waals surface area contributed by atoms with Crippen LogP contribution in [0.2, 0.25) is 0 Å². The second-order valence-corrected chi connectivity index (χ2v) is 2.13. The summed E-state index contributed by atoms with van der Waals surface area (Å²) in [6, 6.07) is 0. The molecule has 0 spiro atoms. The van der Waals surface area contributed by atoms with E-state index in [0.717, 1.165) is 0 Å². The van der Waals surface area contributed by atoms with Gasteiger partial charge in [0.25, 0.3) is 0 Å². The fourth-order valence-electron chi connectivity index (χ4n) is 0.779. The van der Waals surface area contributed by atoms with Crippen molar-refractivity contribution in [2.75, 3.05) is 6.61 Å². The molecule has 4 nitrogen and oxygen atoms in total. The normalized spacial score (nSPS) is 34.7. The molecule has 0 radical (unpaired) electrons. The highest BCUT2D eigenvalue weighted by molar-refractivity contribution is 5.00. The standard InChI is InChI=1S/C6H10O4/c7-3-4(8)5-1-2-6(9)10-5/h1-2,4-9H,3H2. The Labute approximate surface area is 58.4 Å². The van der Waals surface area contributed by atoms with Crippen LogP contribution in [-0.2, 0) is 4.74 Å². The summed E-state index contributed by atoms with van der Waals surface area (Å²) in [4.78, 5) is 0. The maximum atomic E-state index is 8.94. The van der Waals surface area contributed by atoms with E-state index in [9.17, 15) is 0 Å². The molecule has 3 atom stereocenters. The molecule has 4 heteroatoms. The van der Waals surface area contributed by atoms with Crippen LogP contribution in [0.15, 0.2) is 12.2 Å². The molecule has 1 heterocycles. The van der Waals surface area contributed by atoms with Crippen LogP contribution >= 0.6 is 0 Å². The van der Waals surface area contributed by atoms with Gasteiger partial charge in [-0.15, -0.1) is 0 Å². The summed E-state index contributed by atoms with van der Waals surface area (Å²) in [6.07, 6.45) is 0.495. The average Bonchev–Trinajstić information content (AvgIpc) is 2.34. The Bertz CT molecular complexity index is 134. The number of aliphatic hydroxyl groups excluding tert-OH is 3. The molecule has 3 N–H and O–H groups in total. The van der Waals surface area contributed by atoms with Crippen molar-refractivity contribution < 1.29 is 20.1 Å². The molecule has 3 unspecified atom stereocenters. The maximum absolute atomic E-state index is 8.94. The number of hydrogen-bond donors (Lipinski definition) is 3. The first-order valence-electron chi connectivity index (χ1n) is 3.05. The van der Waals surface area contributed by atoms with Gasteiger partial charge in [0, 0.05) is 0 Å². The number of ether oxygens (including phenoxy) is 1. The summed E-state index contributed by atoms with van der Waals surface area (Å²) in [7, 11) is 0. The lowest BCUT2D eigenvalue weighted by Crippen LogP contribution is -2.29. The van der Waals surface area contributed by atoms with Crippen LogP contribution < -0.4 is 0 Å². The number of rotatable bonds is 2. The maximum Gasteiger partial charge on any atom is 0.175 e. The monoisotopic (exact) mass is 146 g/mol. The van der Waals surface area contributed by atoms with E-state index in [2.05, 4.69) is 0 Å². The van der Waals surface area contributed by atoms with Crippen molar-refractivity contribution in [1.82, 2.24) is 0 Å². The van der Waals surface area contributed by atoms with Crippen molar-refractivity contribution in [3.63, 3.8) is 0 Å². The summed E-state index contributed by atoms with van der Waals surface area (Å²) < 4.78 is 4.75. The van der Waals surface area contributed by atoms with E-state index in [1.807, 2.05) is 0 Å². The van der Waals surface area contributed by atoms with Crippen molar-refractivity contribution in [1.29, 1.82) is 0 Å². The molecule has 1 aliphatic rings. The summed E-state index contributed by atoms with van der Waals surface area (Å²) in [5, 5.41) is 26.1. The largest absolute Gasteiger partial charge is 0.394 e. The van der Waals surface area contributed by atoms with E-state index in [1.165, 1.54) is 12.2 Å². The lowest BCUT2D eigenvalue weighted by Gasteiger charge is -2.14. The summed E-state index contributed by atoms with van der Waals surface area (Å²) in [5.41, 5.74) is 0. The van der Waals surface area contributed by atoms with Gasteiger partial charge in [-0.05, 0) is 6.08 Å². The SMILES string of the molecule is OCC(O)C1C=CC(O)O1. The van der Waals surface area contributed by atoms with E-state index in [-0.39, 0.29) is 6.61 Å². The first-order valence-corrected chi connectivity index (χ1v) is 3.05. The average molecular weight is 146 g/mol. The molecule has 0 aromatic heterocycles. The minimum Gasteiger partial charge on any atom is -0.394 e. The predicted molar refractivity (Wildman–Crippen MR) is 33.1 cm³/mol. The highest BCUT2D eigenvalue weighted by Gasteiger charge is 2.23. The summed E-state index contributed by atoms with van der Waals surface area (Å²) in [5.74, 6) is 0. The molecule has 10 heavy (non-hydrogen) atoms. The van der Waals surface area contributed by atoms with E-state index in [0.29, 0.717) is 0 Å². The van der Waals surface area contributed by atoms with Crippen molar-refractivity contribution >= 4 is 0 Å². The quantitative estimate of drug-likeness (QED) is 0.420. The van der Waals surface area contributed by atoms with Crippen LogP contribution in [0.25, 0.3) is 0 Å². The molecule has 0 saturated heterocycles. The molecule has 1 rings (SSSR count). The van der Waals surface area contributed by atoms with Crippen LogP contribution in [0.1, 0.15) is 0 Å². The van der Waals surface area contributed by atoms with Crippen molar-refractivity contribution in [3.05, 3.63) is 12.2 Å². The molecule has 0 aromatic carbocycles. The third-order valence-electron chi connectivity index (χ3n) is 1.33. The Morgan fingerprint density at radius 1 is 1.50 bits per heavy atom. The number of aliphatic hydroxyl groups is 3. The Kier molecular flexibility index (Phi) is 2.39. The van der Waals surface area contributed by atoms with Crippen LogP contribution in [-0.4, -0.2) is 40.4 Å². The minimum absolute atomic E-state index is 0.359. The van der Waals surface area contributed by atoms with Gasteiger partial charge < -0.3 is 20.1 Å². The Balaban J connectivity index is 2.38. The fraction of sp³-hybridized carbons (Fsp3) is 0.667. The van der Waals surface area contributed by atoms with Gasteiger partial charge in [-0.25, -0.2) is 0 Å². The second kappa shape index (κ2) is 3.12. The van der Waals surface area contributed by atoms with Crippen LogP contribution in [0, 0.1) is 0 Å². The molecule has 0 bridgehead atoms. The Morgan fingerprint density at radius 2 is 2.20 bits per heavy atom. The van der Waals surface area contributed by atoms with E-state index in [4.69, 9.17) is 20.1 Å². The minimum atomic E-state index is -0.939. The zero-order valence-corrected chi connectivity index (χ0v) is 5.34. The first-order chi connectivity index (χ1) is 4.74. The van der Waals surface area contributed by atoms with E-state index < -0.39 is 18.5 Å². The molecular weight excluding hydrogens is 136 g/mol. The predicted octanol–water partition coefficient (Wildman–Crippen LogP) is -1.39. The first kappa shape index (κ1) is 7.68. The Morgan fingerprint density at radius 3 is 2.60 bits per heavy atom. The van der Waals surface area contributed by atoms with Gasteiger partial charge in [0.1, 0.15) is 12.2 Å². The van der Waals surface area contributed by atoms with Gasteiger partial charge >= 0.3 is 0 Å². The summed E-state index contributed by atoms with van der Waals surface area (Å²) >= 11 is 0. The van der Waals surface area contributed by atoms with E-state index >= 15 is 0 Å². The van der Waals surface area contributed by atoms with Crippen molar-refractivity contribution in [2.24, 2.45) is 0 Å². The Hall–Kier alpha value is -0.420. The third-order valence-corrected chi connectivity index (χ3v) is 1.33. The highest BCUT2D eigenvalue weighted by atomic mass is 16.6. The lowest BCUT2D eigenvalue weighted by atomic mass is 10.2. The molecule has 1 aliphatic heterocycles. The molecule has 0 aromatic rings. The third kappa shape index (κ3) is 1.54. The molecule has 0 aliphatic carbocycles. The van der Waals surface area contributed by atoms with Gasteiger partial charge in [0.2, 0.25) is 0 Å². The molecule has 0 saturated carbocycles. The van der Waals surface area contributed by atoms with Crippen LogP contribution in [0.4, 0.5) is 0 Å². The highest BCUT2D eigenvalue weighted by Crippen LogP contribution is 2.11. The van der Waals surface area contributed by atoms with Gasteiger partial charge in [-0.3, -0.25) is 0 Å². The van der Waals surface area contributed by atoms with Crippen LogP contribution in [0.5, 0.6) is 0 Å². The van der Waals surface area contributed by atoms with Gasteiger partial charge in [-0.2, -0.15) is 0 Å². The van der Waals surface area contributed by atoms with Crippen LogP contribution in [0.3, 0.4) is 0 Å². The lowest BCUT2D eigenvalue weighted by molar-refractivity contribution is -0.114. The summed E-state index contributed by atoms with van der Waals surface area (Å²) in [6.45, 7) is -0.359. The topological polar surface area (TPSA) is 69.9 Å². The fourth-order valence-corrected chi connectivity index (χ4v) is 0.779. The zero-order chi connectivity index (χ0) is 7.56.